The zero-order valence-electron chi connectivity index (χ0n) is 15.3. The number of ether oxygens (including phenoxy) is 2. The van der Waals surface area contributed by atoms with E-state index in [1.807, 2.05) is 0 Å². The van der Waals surface area contributed by atoms with Crippen LogP contribution in [0.15, 0.2) is 29.2 Å². The summed E-state index contributed by atoms with van der Waals surface area (Å²) in [6.45, 7) is 2.76. The number of amides is 1. The third-order valence-corrected chi connectivity index (χ3v) is 4.62. The Morgan fingerprint density at radius 1 is 1.22 bits per heavy atom. The minimum absolute atomic E-state index is 0.0407. The molecule has 1 aromatic rings. The average Bonchev–Trinajstić information content (AvgIpc) is 2.59. The van der Waals surface area contributed by atoms with Crippen molar-refractivity contribution < 1.29 is 36.8 Å². The van der Waals surface area contributed by atoms with E-state index in [9.17, 15) is 22.8 Å². The third kappa shape index (κ3) is 7.45. The highest BCUT2D eigenvalue weighted by Crippen LogP contribution is 2.21. The maximum absolute atomic E-state index is 12.0. The first-order valence-corrected chi connectivity index (χ1v) is 9.60. The summed E-state index contributed by atoms with van der Waals surface area (Å²) in [7, 11) is -3.14. The van der Waals surface area contributed by atoms with Gasteiger partial charge in [-0.1, -0.05) is 12.1 Å². The minimum atomic E-state index is -4.48. The van der Waals surface area contributed by atoms with Crippen molar-refractivity contribution in [2.45, 2.75) is 50.2 Å². The van der Waals surface area contributed by atoms with Gasteiger partial charge in [-0.05, 0) is 38.8 Å². The second kappa shape index (κ2) is 10.1. The summed E-state index contributed by atoms with van der Waals surface area (Å²) in [5, 5.41) is 2.40. The summed E-state index contributed by atoms with van der Waals surface area (Å²) >= 11 is 0. The summed E-state index contributed by atoms with van der Waals surface area (Å²) < 4.78 is 41.7. The summed E-state index contributed by atoms with van der Waals surface area (Å²) in [5.74, 6) is -1.54. The van der Waals surface area contributed by atoms with Gasteiger partial charge in [-0.3, -0.25) is 14.1 Å². The van der Waals surface area contributed by atoms with E-state index in [1.54, 1.807) is 0 Å². The lowest BCUT2D eigenvalue weighted by atomic mass is 10.1. The van der Waals surface area contributed by atoms with Crippen molar-refractivity contribution in [3.63, 3.8) is 0 Å². The maximum Gasteiger partial charge on any atom is 0.335 e. The number of hydrogen-bond donors (Lipinski definition) is 2. The zero-order valence-corrected chi connectivity index (χ0v) is 16.1. The Bertz CT molecular complexity index is 790. The lowest BCUT2D eigenvalue weighted by molar-refractivity contribution is -0.163. The molecule has 0 saturated carbocycles. The molecule has 2 atom stereocenters. The number of carbonyl (C=O) groups is 3. The van der Waals surface area contributed by atoms with Gasteiger partial charge in [0.2, 0.25) is 5.91 Å². The summed E-state index contributed by atoms with van der Waals surface area (Å²) in [4.78, 5) is 34.9. The van der Waals surface area contributed by atoms with Gasteiger partial charge in [-0.15, -0.1) is 0 Å². The number of para-hydroxylation sites is 1. The van der Waals surface area contributed by atoms with E-state index < -0.39 is 39.1 Å². The minimum Gasteiger partial charge on any atom is -0.452 e. The van der Waals surface area contributed by atoms with Crippen molar-refractivity contribution in [1.29, 1.82) is 0 Å². The number of anilines is 1. The number of ketones is 1. The number of rotatable bonds is 10. The molecule has 1 amide bonds. The number of esters is 1. The van der Waals surface area contributed by atoms with E-state index in [-0.39, 0.29) is 30.7 Å². The Balaban J connectivity index is 2.62. The van der Waals surface area contributed by atoms with Gasteiger partial charge in [0.05, 0.1) is 5.69 Å². The SMILES string of the molecule is COC(C)C(=O)OC(CCCC(=O)Nc1ccccc1S(=O)(=O)O)C(C)=O. The largest absolute Gasteiger partial charge is 0.452 e. The molecule has 150 valence electrons. The maximum atomic E-state index is 12.0. The van der Waals surface area contributed by atoms with Crippen LogP contribution < -0.4 is 5.32 Å². The van der Waals surface area contributed by atoms with Gasteiger partial charge in [0.1, 0.15) is 4.90 Å². The summed E-state index contributed by atoms with van der Waals surface area (Å²) in [5.41, 5.74) is -0.0477. The molecular formula is C17H23NO8S. The van der Waals surface area contributed by atoms with Crippen LogP contribution in [-0.4, -0.2) is 49.9 Å². The molecule has 9 nitrogen and oxygen atoms in total. The molecule has 0 aliphatic heterocycles. The Labute approximate surface area is 157 Å². The van der Waals surface area contributed by atoms with Crippen molar-refractivity contribution >= 4 is 33.5 Å². The second-order valence-electron chi connectivity index (χ2n) is 5.83. The van der Waals surface area contributed by atoms with Gasteiger partial charge in [-0.25, -0.2) is 4.79 Å². The van der Waals surface area contributed by atoms with Crippen LogP contribution in [-0.2, 0) is 34.0 Å². The third-order valence-electron chi connectivity index (χ3n) is 3.71. The van der Waals surface area contributed by atoms with E-state index in [0.717, 1.165) is 6.07 Å². The van der Waals surface area contributed by atoms with Crippen LogP contribution in [0.4, 0.5) is 5.69 Å². The number of Topliss-reactive ketones (excluding diaryl/α,β-unsaturated/α-hetero) is 1. The predicted octanol–water partition coefficient (Wildman–Crippen LogP) is 1.58. The number of methoxy groups -OCH3 is 1. The molecule has 0 fully saturated rings. The fourth-order valence-electron chi connectivity index (χ4n) is 2.13. The standard InChI is InChI=1S/C17H23NO8S/c1-11(19)14(26-17(21)12(2)25-3)8-6-10-16(20)18-13-7-4-5-9-15(13)27(22,23)24/h4-5,7,9,12,14H,6,8,10H2,1-3H3,(H,18,20)(H,22,23,24). The molecule has 0 heterocycles. The molecule has 27 heavy (non-hydrogen) atoms. The highest BCUT2D eigenvalue weighted by molar-refractivity contribution is 7.86. The molecule has 0 spiro atoms. The Morgan fingerprint density at radius 2 is 1.85 bits per heavy atom. The Kier molecular flexibility index (Phi) is 8.54. The van der Waals surface area contributed by atoms with Gasteiger partial charge in [0, 0.05) is 13.5 Å². The molecule has 0 aromatic heterocycles. The van der Waals surface area contributed by atoms with Crippen LogP contribution in [0.25, 0.3) is 0 Å². The lowest BCUT2D eigenvalue weighted by Gasteiger charge is -2.17. The molecule has 1 rings (SSSR count). The second-order valence-corrected chi connectivity index (χ2v) is 7.22. The van der Waals surface area contributed by atoms with E-state index in [2.05, 4.69) is 5.32 Å². The predicted molar refractivity (Wildman–Crippen MR) is 95.8 cm³/mol. The van der Waals surface area contributed by atoms with Crippen molar-refractivity contribution in [3.05, 3.63) is 24.3 Å². The number of nitrogens with one attached hydrogen (secondary N) is 1. The van der Waals surface area contributed by atoms with Crippen molar-refractivity contribution in [1.82, 2.24) is 0 Å². The van der Waals surface area contributed by atoms with E-state index in [4.69, 9.17) is 14.0 Å². The molecule has 0 bridgehead atoms. The average molecular weight is 401 g/mol. The van der Waals surface area contributed by atoms with Crippen LogP contribution in [0.2, 0.25) is 0 Å². The Morgan fingerprint density at radius 3 is 2.41 bits per heavy atom. The fraction of sp³-hybridized carbons (Fsp3) is 0.471. The smallest absolute Gasteiger partial charge is 0.335 e. The van der Waals surface area contributed by atoms with Crippen molar-refractivity contribution in [2.24, 2.45) is 0 Å². The lowest BCUT2D eigenvalue weighted by Crippen LogP contribution is -2.31. The quantitative estimate of drug-likeness (QED) is 0.445. The van der Waals surface area contributed by atoms with E-state index in [0.29, 0.717) is 0 Å². The number of benzene rings is 1. The molecule has 2 unspecified atom stereocenters. The first-order chi connectivity index (χ1) is 12.6. The van der Waals surface area contributed by atoms with Crippen molar-refractivity contribution in [2.75, 3.05) is 12.4 Å². The highest BCUT2D eigenvalue weighted by Gasteiger charge is 2.23. The van der Waals surface area contributed by atoms with Crippen LogP contribution in [0, 0.1) is 0 Å². The van der Waals surface area contributed by atoms with Gasteiger partial charge in [0.15, 0.2) is 18.0 Å². The van der Waals surface area contributed by atoms with Crippen LogP contribution in [0.1, 0.15) is 33.1 Å². The molecule has 0 aliphatic carbocycles. The number of carbonyl (C=O) groups excluding carboxylic acids is 3. The molecular weight excluding hydrogens is 378 g/mol. The molecule has 0 saturated heterocycles. The number of hydrogen-bond acceptors (Lipinski definition) is 7. The highest BCUT2D eigenvalue weighted by atomic mass is 32.2. The zero-order chi connectivity index (χ0) is 20.6. The molecule has 2 N–H and O–H groups in total. The monoisotopic (exact) mass is 401 g/mol. The van der Waals surface area contributed by atoms with Crippen LogP contribution in [0.5, 0.6) is 0 Å². The summed E-state index contributed by atoms with van der Waals surface area (Å²) in [6.07, 6.45) is -1.50. The van der Waals surface area contributed by atoms with E-state index in [1.165, 1.54) is 39.2 Å². The van der Waals surface area contributed by atoms with Crippen LogP contribution in [0.3, 0.4) is 0 Å². The van der Waals surface area contributed by atoms with Gasteiger partial charge in [0.25, 0.3) is 10.1 Å². The molecule has 0 aliphatic rings. The molecule has 0 radical (unpaired) electrons. The fourth-order valence-corrected chi connectivity index (χ4v) is 2.78. The normalized spacial score (nSPS) is 13.5. The summed E-state index contributed by atoms with van der Waals surface area (Å²) in [6, 6.07) is 5.42. The van der Waals surface area contributed by atoms with Gasteiger partial charge in [-0.2, -0.15) is 8.42 Å². The first kappa shape index (κ1) is 22.7. The van der Waals surface area contributed by atoms with Gasteiger partial charge < -0.3 is 14.8 Å². The van der Waals surface area contributed by atoms with Gasteiger partial charge >= 0.3 is 5.97 Å². The van der Waals surface area contributed by atoms with Crippen LogP contribution >= 0.6 is 0 Å². The molecule has 1 aromatic carbocycles. The first-order valence-electron chi connectivity index (χ1n) is 8.16. The Hall–Kier alpha value is -2.30. The van der Waals surface area contributed by atoms with E-state index >= 15 is 0 Å². The molecule has 10 heteroatoms. The topological polar surface area (TPSA) is 136 Å². The van der Waals surface area contributed by atoms with Crippen molar-refractivity contribution in [3.8, 4) is 0 Å².